The molecule has 9 rings (SSSR count). The molecule has 0 saturated carbocycles. The van der Waals surface area contributed by atoms with Crippen LogP contribution in [0.3, 0.4) is 0 Å². The van der Waals surface area contributed by atoms with E-state index in [1.54, 1.807) is 0 Å². The van der Waals surface area contributed by atoms with Gasteiger partial charge in [-0.3, -0.25) is 0 Å². The molecule has 9 aromatic rings. The molecule has 0 atom stereocenters. The molecule has 0 amide bonds. The maximum absolute atomic E-state index is 2.35. The van der Waals surface area contributed by atoms with Crippen LogP contribution < -0.4 is 0 Å². The van der Waals surface area contributed by atoms with Crippen molar-refractivity contribution < 1.29 is 0 Å². The molecular formula is C30H14. The van der Waals surface area contributed by atoms with Crippen LogP contribution in [0.4, 0.5) is 0 Å². The van der Waals surface area contributed by atoms with Crippen molar-refractivity contribution >= 4 is 86.2 Å². The average molecular weight is 374 g/mol. The van der Waals surface area contributed by atoms with Gasteiger partial charge in [0.15, 0.2) is 0 Å². The fourth-order valence-corrected chi connectivity index (χ4v) is 6.56. The maximum atomic E-state index is 2.35. The summed E-state index contributed by atoms with van der Waals surface area (Å²) < 4.78 is 0. The molecule has 134 valence electrons. The van der Waals surface area contributed by atoms with E-state index < -0.39 is 0 Å². The summed E-state index contributed by atoms with van der Waals surface area (Å²) in [5, 5.41) is 22.5. The zero-order valence-corrected chi connectivity index (χ0v) is 16.1. The van der Waals surface area contributed by atoms with E-state index in [1.165, 1.54) is 86.2 Å². The highest BCUT2D eigenvalue weighted by molar-refractivity contribution is 6.53. The van der Waals surface area contributed by atoms with Gasteiger partial charge < -0.3 is 0 Å². The van der Waals surface area contributed by atoms with Gasteiger partial charge in [-0.2, -0.15) is 0 Å². The molecule has 30 heavy (non-hydrogen) atoms. The minimum atomic E-state index is 1.33. The summed E-state index contributed by atoms with van der Waals surface area (Å²) in [6.07, 6.45) is 0. The summed E-state index contributed by atoms with van der Waals surface area (Å²) in [5.74, 6) is 0. The third-order valence-electron chi connectivity index (χ3n) is 7.63. The van der Waals surface area contributed by atoms with E-state index in [-0.39, 0.29) is 0 Å². The number of rotatable bonds is 0. The van der Waals surface area contributed by atoms with E-state index in [2.05, 4.69) is 84.9 Å². The van der Waals surface area contributed by atoms with Crippen molar-refractivity contribution in [2.45, 2.75) is 0 Å². The fourth-order valence-electron chi connectivity index (χ4n) is 6.56. The first-order chi connectivity index (χ1) is 14.9. The predicted molar refractivity (Wildman–Crippen MR) is 131 cm³/mol. The number of benzene rings is 5. The maximum Gasteiger partial charge on any atom is -0.000138 e. The van der Waals surface area contributed by atoms with Crippen molar-refractivity contribution in [2.75, 3.05) is 0 Å². The van der Waals surface area contributed by atoms with Crippen LogP contribution in [0, 0.1) is 0 Å². The molecule has 0 aliphatic heterocycles. The van der Waals surface area contributed by atoms with Gasteiger partial charge in [-0.1, -0.05) is 84.9 Å². The quantitative estimate of drug-likeness (QED) is 0.233. The van der Waals surface area contributed by atoms with Gasteiger partial charge in [0.1, 0.15) is 0 Å². The average Bonchev–Trinajstić information content (AvgIpc) is 3.16. The number of hydrogen-bond donors (Lipinski definition) is 0. The summed E-state index contributed by atoms with van der Waals surface area (Å²) in [7, 11) is 0. The minimum Gasteiger partial charge on any atom is -0.0610 e. The lowest BCUT2D eigenvalue weighted by Gasteiger charge is -2.09. The largest absolute Gasteiger partial charge is 0.0610 e. The second-order valence-corrected chi connectivity index (χ2v) is 8.86. The lowest BCUT2D eigenvalue weighted by Crippen LogP contribution is -1.80. The topological polar surface area (TPSA) is 0 Å². The molecule has 0 unspecified atom stereocenters. The van der Waals surface area contributed by atoms with Gasteiger partial charge in [0.25, 0.3) is 0 Å². The Morgan fingerprint density at radius 2 is 0.600 bits per heavy atom. The first kappa shape index (κ1) is 14.1. The molecule has 9 aromatic carbocycles. The van der Waals surface area contributed by atoms with Crippen molar-refractivity contribution in [1.82, 2.24) is 0 Å². The van der Waals surface area contributed by atoms with Crippen molar-refractivity contribution in [3.63, 3.8) is 0 Å². The van der Waals surface area contributed by atoms with Crippen molar-refractivity contribution in [3.8, 4) is 0 Å². The van der Waals surface area contributed by atoms with Crippen LogP contribution in [0.15, 0.2) is 84.9 Å². The molecule has 0 radical (unpaired) electrons. The van der Waals surface area contributed by atoms with Gasteiger partial charge in [-0.25, -0.2) is 0 Å². The lowest BCUT2D eigenvalue weighted by molar-refractivity contribution is 1.87. The Morgan fingerprint density at radius 3 is 1.07 bits per heavy atom. The standard InChI is InChI=1S/C30H14/c1-3-15-7-9-17-12-14-22-20-6-2-4-16-8-10-18-11-13-21-19(5-1)23(15)29-26(17)28(22)30(24(16)20)25(18)27(21)29/h1-14H. The molecule has 0 heteroatoms. The van der Waals surface area contributed by atoms with E-state index in [0.29, 0.717) is 0 Å². The van der Waals surface area contributed by atoms with E-state index in [1.807, 2.05) is 0 Å². The Balaban J connectivity index is 1.91. The van der Waals surface area contributed by atoms with Gasteiger partial charge in [-0.15, -0.1) is 0 Å². The van der Waals surface area contributed by atoms with Gasteiger partial charge in [0, 0.05) is 0 Å². The number of fused-ring (bicyclic) bond motifs is 2. The fraction of sp³-hybridized carbons (Fsp3) is 0. The molecule has 0 aromatic heterocycles. The van der Waals surface area contributed by atoms with Crippen LogP contribution >= 0.6 is 0 Å². The first-order valence-electron chi connectivity index (χ1n) is 10.6. The highest BCUT2D eigenvalue weighted by Gasteiger charge is 2.25. The van der Waals surface area contributed by atoms with Crippen LogP contribution in [-0.2, 0) is 0 Å². The SMILES string of the molecule is c1cc2ccc3ccc4c5cccc6ccc7ccc8c(c1)c2c1c3c4c(c65)c7c81. The Bertz CT molecular complexity index is 1940. The van der Waals surface area contributed by atoms with Crippen molar-refractivity contribution in [3.05, 3.63) is 84.9 Å². The zero-order chi connectivity index (χ0) is 19.1. The zero-order valence-electron chi connectivity index (χ0n) is 16.1. The van der Waals surface area contributed by atoms with Crippen LogP contribution in [-0.4, -0.2) is 0 Å². The monoisotopic (exact) mass is 374 g/mol. The van der Waals surface area contributed by atoms with Crippen molar-refractivity contribution in [1.29, 1.82) is 0 Å². The third-order valence-corrected chi connectivity index (χ3v) is 7.63. The van der Waals surface area contributed by atoms with Gasteiger partial charge in [0.05, 0.1) is 0 Å². The third kappa shape index (κ3) is 1.28. The summed E-state index contributed by atoms with van der Waals surface area (Å²) in [6, 6.07) is 32.2. The van der Waals surface area contributed by atoms with E-state index in [4.69, 9.17) is 0 Å². The Hall–Kier alpha value is -3.90. The molecule has 0 heterocycles. The summed E-state index contributed by atoms with van der Waals surface area (Å²) in [6.45, 7) is 0. The summed E-state index contributed by atoms with van der Waals surface area (Å²) in [4.78, 5) is 0. The van der Waals surface area contributed by atoms with Gasteiger partial charge in [0.2, 0.25) is 0 Å². The number of hydrogen-bond acceptors (Lipinski definition) is 0. The normalized spacial score (nSPS) is 13.3. The molecule has 0 bridgehead atoms. The van der Waals surface area contributed by atoms with Gasteiger partial charge in [-0.05, 0) is 86.2 Å². The van der Waals surface area contributed by atoms with E-state index >= 15 is 0 Å². The Labute approximate surface area is 171 Å². The first-order valence-corrected chi connectivity index (χ1v) is 10.6. The predicted octanol–water partition coefficient (Wildman–Crippen LogP) is 8.66. The van der Waals surface area contributed by atoms with Crippen LogP contribution in [0.5, 0.6) is 0 Å². The van der Waals surface area contributed by atoms with Crippen LogP contribution in [0.1, 0.15) is 0 Å². The molecule has 0 aliphatic rings. The van der Waals surface area contributed by atoms with Crippen LogP contribution in [0.2, 0.25) is 0 Å². The van der Waals surface area contributed by atoms with Crippen molar-refractivity contribution in [2.24, 2.45) is 0 Å². The second-order valence-electron chi connectivity index (χ2n) is 8.86. The molecule has 0 nitrogen and oxygen atoms in total. The smallest absolute Gasteiger partial charge is 0.000138 e. The minimum absolute atomic E-state index is 1.33. The highest BCUT2D eigenvalue weighted by atomic mass is 14.3. The molecule has 0 spiro atoms. The van der Waals surface area contributed by atoms with Gasteiger partial charge >= 0.3 is 0 Å². The summed E-state index contributed by atoms with van der Waals surface area (Å²) in [5.41, 5.74) is 0. The Morgan fingerprint density at radius 1 is 0.233 bits per heavy atom. The molecule has 0 N–H and O–H groups in total. The molecular weight excluding hydrogens is 360 g/mol. The highest BCUT2D eigenvalue weighted by Crippen LogP contribution is 2.54. The van der Waals surface area contributed by atoms with Crippen LogP contribution in [0.25, 0.3) is 86.2 Å². The molecule has 0 fully saturated rings. The second kappa shape index (κ2) is 4.32. The lowest BCUT2D eigenvalue weighted by atomic mass is 9.93. The Kier molecular flexibility index (Phi) is 2.04. The molecule has 0 saturated heterocycles. The molecule has 0 aliphatic carbocycles. The van der Waals surface area contributed by atoms with E-state index in [0.717, 1.165) is 0 Å². The van der Waals surface area contributed by atoms with E-state index in [9.17, 15) is 0 Å². The summed E-state index contributed by atoms with van der Waals surface area (Å²) >= 11 is 0.